The van der Waals surface area contributed by atoms with Crippen LogP contribution in [0.25, 0.3) is 10.9 Å². The molecule has 3 heteroatoms. The number of anilines is 1. The smallest absolute Gasteiger partial charge is 0.153 e. The highest BCUT2D eigenvalue weighted by Crippen LogP contribution is 2.34. The van der Waals surface area contributed by atoms with Gasteiger partial charge < -0.3 is 9.47 Å². The van der Waals surface area contributed by atoms with Crippen molar-refractivity contribution in [3.05, 3.63) is 58.9 Å². The van der Waals surface area contributed by atoms with E-state index in [9.17, 15) is 0 Å². The lowest BCUT2D eigenvalue weighted by Gasteiger charge is -2.30. The van der Waals surface area contributed by atoms with Crippen LogP contribution in [0.4, 0.5) is 5.82 Å². The molecule has 0 amide bonds. The van der Waals surface area contributed by atoms with Crippen LogP contribution in [0.1, 0.15) is 42.1 Å². The predicted octanol–water partition coefficient (Wildman–Crippen LogP) is 5.02. The quantitative estimate of drug-likeness (QED) is 0.669. The van der Waals surface area contributed by atoms with Gasteiger partial charge in [-0.3, -0.25) is 0 Å². The molecule has 0 saturated carbocycles. The Bertz CT molecular complexity index is 907. The van der Waals surface area contributed by atoms with Crippen molar-refractivity contribution < 1.29 is 0 Å². The van der Waals surface area contributed by atoms with E-state index in [0.29, 0.717) is 0 Å². The maximum atomic E-state index is 4.83. The van der Waals surface area contributed by atoms with Gasteiger partial charge in [0.25, 0.3) is 0 Å². The Morgan fingerprint density at radius 3 is 2.68 bits per heavy atom. The Morgan fingerprint density at radius 2 is 1.88 bits per heavy atom. The molecule has 0 unspecified atom stereocenters. The molecule has 0 spiro atoms. The van der Waals surface area contributed by atoms with Crippen LogP contribution in [0.5, 0.6) is 0 Å². The number of aryl methyl sites for hydroxylation is 2. The van der Waals surface area contributed by atoms with Gasteiger partial charge in [-0.25, -0.2) is 4.98 Å². The number of rotatable bonds is 4. The zero-order chi connectivity index (χ0) is 17.4. The van der Waals surface area contributed by atoms with Gasteiger partial charge in [0.2, 0.25) is 0 Å². The second kappa shape index (κ2) is 6.55. The number of benzene rings is 1. The van der Waals surface area contributed by atoms with Gasteiger partial charge in [0.05, 0.1) is 5.52 Å². The topological polar surface area (TPSA) is 21.1 Å². The van der Waals surface area contributed by atoms with E-state index in [2.05, 4.69) is 60.6 Å². The van der Waals surface area contributed by atoms with Crippen molar-refractivity contribution in [3.63, 3.8) is 0 Å². The van der Waals surface area contributed by atoms with E-state index in [0.717, 1.165) is 31.9 Å². The fourth-order valence-corrected chi connectivity index (χ4v) is 4.08. The molecule has 0 fully saturated rings. The first-order valence-electron chi connectivity index (χ1n) is 9.46. The zero-order valence-corrected chi connectivity index (χ0v) is 15.5. The third-order valence-electron chi connectivity index (χ3n) is 5.69. The number of hydrogen-bond donors (Lipinski definition) is 0. The van der Waals surface area contributed by atoms with Crippen molar-refractivity contribution in [2.45, 2.75) is 53.1 Å². The molecular weight excluding hydrogens is 306 g/mol. The van der Waals surface area contributed by atoms with E-state index in [1.165, 1.54) is 46.1 Å². The molecule has 2 aromatic heterocycles. The van der Waals surface area contributed by atoms with Crippen LogP contribution in [-0.2, 0) is 19.5 Å². The predicted molar refractivity (Wildman–Crippen MR) is 105 cm³/mol. The highest BCUT2D eigenvalue weighted by atomic mass is 15.2. The highest BCUT2D eigenvalue weighted by molar-refractivity contribution is 5.93. The van der Waals surface area contributed by atoms with E-state index < -0.39 is 0 Å². The van der Waals surface area contributed by atoms with Crippen LogP contribution >= 0.6 is 0 Å². The highest BCUT2D eigenvalue weighted by Gasteiger charge is 2.22. The first-order valence-corrected chi connectivity index (χ1v) is 9.46. The first kappa shape index (κ1) is 16.2. The summed E-state index contributed by atoms with van der Waals surface area (Å²) in [4.78, 5) is 7.30. The molecule has 3 nitrogen and oxygen atoms in total. The molecule has 0 atom stereocenters. The lowest BCUT2D eigenvalue weighted by molar-refractivity contribution is 0.633. The van der Waals surface area contributed by atoms with Crippen molar-refractivity contribution in [1.29, 1.82) is 0 Å². The van der Waals surface area contributed by atoms with Gasteiger partial charge in [-0.1, -0.05) is 37.6 Å². The zero-order valence-electron chi connectivity index (χ0n) is 15.5. The van der Waals surface area contributed by atoms with Crippen LogP contribution in [0.15, 0.2) is 36.5 Å². The number of aromatic nitrogens is 2. The fourth-order valence-electron chi connectivity index (χ4n) is 4.08. The van der Waals surface area contributed by atoms with Gasteiger partial charge in [0.15, 0.2) is 5.82 Å². The van der Waals surface area contributed by atoms with Gasteiger partial charge in [0, 0.05) is 36.9 Å². The molecule has 1 aromatic carbocycles. The van der Waals surface area contributed by atoms with Crippen molar-refractivity contribution in [2.24, 2.45) is 0 Å². The maximum absolute atomic E-state index is 4.83. The van der Waals surface area contributed by atoms with Crippen LogP contribution in [0.2, 0.25) is 0 Å². The molecule has 0 N–H and O–H groups in total. The van der Waals surface area contributed by atoms with Crippen LogP contribution < -0.4 is 4.90 Å². The summed E-state index contributed by atoms with van der Waals surface area (Å²) in [6, 6.07) is 11.0. The Hall–Kier alpha value is -2.29. The van der Waals surface area contributed by atoms with Gasteiger partial charge in [-0.15, -0.1) is 0 Å². The molecule has 0 bridgehead atoms. The Balaban J connectivity index is 1.81. The molecule has 3 aromatic rings. The molecule has 130 valence electrons. The van der Waals surface area contributed by atoms with Crippen LogP contribution in [0.3, 0.4) is 0 Å². The molecule has 0 radical (unpaired) electrons. The Labute approximate surface area is 150 Å². The number of hydrogen-bond acceptors (Lipinski definition) is 2. The summed E-state index contributed by atoms with van der Waals surface area (Å²) < 4.78 is 2.50. The summed E-state index contributed by atoms with van der Waals surface area (Å²) in [7, 11) is 0. The average Bonchev–Trinajstić information content (AvgIpc) is 2.90. The SMILES string of the molecule is CCCCn1c(C)c(C)c2ccnc(N3CCc4ccccc4C3)c21. The Morgan fingerprint density at radius 1 is 1.08 bits per heavy atom. The van der Waals surface area contributed by atoms with Crippen molar-refractivity contribution in [2.75, 3.05) is 11.4 Å². The second-order valence-corrected chi connectivity index (χ2v) is 7.19. The van der Waals surface area contributed by atoms with Crippen LogP contribution in [0, 0.1) is 13.8 Å². The monoisotopic (exact) mass is 333 g/mol. The fraction of sp³-hybridized carbons (Fsp3) is 0.409. The summed E-state index contributed by atoms with van der Waals surface area (Å²) in [6.07, 6.45) is 5.50. The van der Waals surface area contributed by atoms with Gasteiger partial charge in [0.1, 0.15) is 0 Å². The summed E-state index contributed by atoms with van der Waals surface area (Å²) in [5, 5.41) is 1.36. The Kier molecular flexibility index (Phi) is 4.24. The maximum Gasteiger partial charge on any atom is 0.153 e. The standard InChI is InChI=1S/C22H27N3/c1-4-5-13-25-17(3)16(2)20-10-12-23-22(21(20)25)24-14-11-18-8-6-7-9-19(18)15-24/h6-10,12H,4-5,11,13-15H2,1-3H3. The summed E-state index contributed by atoms with van der Waals surface area (Å²) in [5.41, 5.74) is 7.03. The lowest BCUT2D eigenvalue weighted by Crippen LogP contribution is -2.31. The first-order chi connectivity index (χ1) is 12.2. The van der Waals surface area contributed by atoms with E-state index in [4.69, 9.17) is 4.98 Å². The molecule has 0 saturated heterocycles. The van der Waals surface area contributed by atoms with E-state index >= 15 is 0 Å². The van der Waals surface area contributed by atoms with Crippen molar-refractivity contribution in [3.8, 4) is 0 Å². The molecule has 25 heavy (non-hydrogen) atoms. The van der Waals surface area contributed by atoms with Crippen molar-refractivity contribution in [1.82, 2.24) is 9.55 Å². The minimum absolute atomic E-state index is 0.958. The number of unbranched alkanes of at least 4 members (excludes halogenated alkanes) is 1. The summed E-state index contributed by atoms with van der Waals surface area (Å²) >= 11 is 0. The van der Waals surface area contributed by atoms with Crippen molar-refractivity contribution >= 4 is 16.7 Å². The van der Waals surface area contributed by atoms with Gasteiger partial charge in [-0.2, -0.15) is 0 Å². The summed E-state index contributed by atoms with van der Waals surface area (Å²) in [5.74, 6) is 1.15. The second-order valence-electron chi connectivity index (χ2n) is 7.19. The molecule has 3 heterocycles. The average molecular weight is 333 g/mol. The molecule has 4 rings (SSSR count). The van der Waals surface area contributed by atoms with E-state index in [1.807, 2.05) is 6.20 Å². The molecule has 1 aliphatic rings. The van der Waals surface area contributed by atoms with Gasteiger partial charge in [-0.05, 0) is 49.4 Å². The number of pyridine rings is 1. The van der Waals surface area contributed by atoms with Gasteiger partial charge >= 0.3 is 0 Å². The normalized spacial score (nSPS) is 14.1. The number of fused-ring (bicyclic) bond motifs is 2. The van der Waals surface area contributed by atoms with Crippen LogP contribution in [-0.4, -0.2) is 16.1 Å². The molecule has 1 aliphatic heterocycles. The third-order valence-corrected chi connectivity index (χ3v) is 5.69. The lowest BCUT2D eigenvalue weighted by atomic mass is 10.00. The van der Waals surface area contributed by atoms with E-state index in [-0.39, 0.29) is 0 Å². The minimum Gasteiger partial charge on any atom is -0.350 e. The number of nitrogens with zero attached hydrogens (tertiary/aromatic N) is 3. The third kappa shape index (κ3) is 2.72. The minimum atomic E-state index is 0.958. The largest absolute Gasteiger partial charge is 0.350 e. The summed E-state index contributed by atoms with van der Waals surface area (Å²) in [6.45, 7) is 9.83. The van der Waals surface area contributed by atoms with E-state index in [1.54, 1.807) is 0 Å². The molecule has 0 aliphatic carbocycles. The molecular formula is C22H27N3.